The molecule has 0 spiro atoms. The second kappa shape index (κ2) is 7.00. The number of hydrogen-bond acceptors (Lipinski definition) is 4. The highest BCUT2D eigenvalue weighted by atomic mass is 32.1. The van der Waals surface area contributed by atoms with Crippen molar-refractivity contribution in [3.8, 4) is 0 Å². The number of aliphatic carboxylic acids is 1. The van der Waals surface area contributed by atoms with Crippen LogP contribution in [-0.4, -0.2) is 18.0 Å². The van der Waals surface area contributed by atoms with Gasteiger partial charge in [0.2, 0.25) is 0 Å². The zero-order valence-corrected chi connectivity index (χ0v) is 11.3. The average molecular weight is 269 g/mol. The Hall–Kier alpha value is -1.56. The van der Waals surface area contributed by atoms with Gasteiger partial charge in [-0.25, -0.2) is 4.79 Å². The van der Waals surface area contributed by atoms with E-state index in [0.29, 0.717) is 13.0 Å². The Morgan fingerprint density at radius 1 is 1.44 bits per heavy atom. The first kappa shape index (κ1) is 14.5. The minimum atomic E-state index is -1.25. The number of carboxylic acids is 1. The van der Waals surface area contributed by atoms with Gasteiger partial charge in [0.1, 0.15) is 0 Å². The molecule has 1 rings (SSSR count). The van der Waals surface area contributed by atoms with E-state index in [4.69, 9.17) is 0 Å². The lowest BCUT2D eigenvalue weighted by Gasteiger charge is -2.21. The third-order valence-electron chi connectivity index (χ3n) is 2.30. The van der Waals surface area contributed by atoms with Gasteiger partial charge in [-0.1, -0.05) is 19.9 Å². The molecule has 100 valence electrons. The molecule has 0 aliphatic carbocycles. The SMILES string of the molecule is CC(C)C[C@H](NC(=O)NCc1cccs1)C(=O)[O-]. The van der Waals surface area contributed by atoms with Crippen molar-refractivity contribution in [1.29, 1.82) is 0 Å². The van der Waals surface area contributed by atoms with Crippen molar-refractivity contribution in [1.82, 2.24) is 10.6 Å². The van der Waals surface area contributed by atoms with Crippen LogP contribution in [0.5, 0.6) is 0 Å². The minimum Gasteiger partial charge on any atom is -0.548 e. The predicted octanol–water partition coefficient (Wildman–Crippen LogP) is 0.712. The highest BCUT2D eigenvalue weighted by molar-refractivity contribution is 7.09. The maximum absolute atomic E-state index is 11.5. The molecule has 1 aromatic rings. The van der Waals surface area contributed by atoms with Crippen molar-refractivity contribution in [2.24, 2.45) is 5.92 Å². The van der Waals surface area contributed by atoms with Gasteiger partial charge in [0.05, 0.1) is 18.6 Å². The van der Waals surface area contributed by atoms with Gasteiger partial charge in [-0.3, -0.25) is 0 Å². The van der Waals surface area contributed by atoms with Crippen LogP contribution < -0.4 is 15.7 Å². The molecule has 18 heavy (non-hydrogen) atoms. The van der Waals surface area contributed by atoms with Gasteiger partial charge < -0.3 is 20.5 Å². The standard InChI is InChI=1S/C12H18N2O3S/c1-8(2)6-10(11(15)16)14-12(17)13-7-9-4-3-5-18-9/h3-5,8,10H,6-7H2,1-2H3,(H,15,16)(H2,13,14,17)/p-1/t10-/m0/s1. The second-order valence-corrected chi connectivity index (χ2v) is 5.44. The Morgan fingerprint density at radius 3 is 2.67 bits per heavy atom. The molecule has 5 nitrogen and oxygen atoms in total. The highest BCUT2D eigenvalue weighted by Gasteiger charge is 2.14. The lowest BCUT2D eigenvalue weighted by Crippen LogP contribution is -2.51. The van der Waals surface area contributed by atoms with Gasteiger partial charge in [-0.2, -0.15) is 0 Å². The molecule has 0 radical (unpaired) electrons. The van der Waals surface area contributed by atoms with E-state index in [2.05, 4.69) is 10.6 Å². The molecule has 0 saturated heterocycles. The number of amides is 2. The molecule has 6 heteroatoms. The summed E-state index contributed by atoms with van der Waals surface area (Å²) in [5, 5.41) is 17.8. The Kier molecular flexibility index (Phi) is 5.64. The first-order valence-electron chi connectivity index (χ1n) is 5.76. The van der Waals surface area contributed by atoms with Gasteiger partial charge in [-0.15, -0.1) is 11.3 Å². The molecule has 2 amide bonds. The van der Waals surface area contributed by atoms with Crippen LogP contribution in [0.3, 0.4) is 0 Å². The molecular formula is C12H17N2O3S-. The molecule has 1 heterocycles. The van der Waals surface area contributed by atoms with E-state index in [9.17, 15) is 14.7 Å². The monoisotopic (exact) mass is 269 g/mol. The molecule has 1 aromatic heterocycles. The van der Waals surface area contributed by atoms with Gasteiger partial charge in [-0.05, 0) is 23.8 Å². The molecule has 0 bridgehead atoms. The Balaban J connectivity index is 2.39. The normalized spacial score (nSPS) is 12.2. The van der Waals surface area contributed by atoms with Crippen LogP contribution in [-0.2, 0) is 11.3 Å². The minimum absolute atomic E-state index is 0.172. The van der Waals surface area contributed by atoms with Crippen LogP contribution >= 0.6 is 11.3 Å². The van der Waals surface area contributed by atoms with E-state index in [-0.39, 0.29) is 5.92 Å². The van der Waals surface area contributed by atoms with Crippen molar-refractivity contribution >= 4 is 23.3 Å². The molecule has 0 aromatic carbocycles. The lowest BCUT2D eigenvalue weighted by atomic mass is 10.0. The molecule has 0 fully saturated rings. The Labute approximate surface area is 110 Å². The summed E-state index contributed by atoms with van der Waals surface area (Å²) in [6, 6.07) is 2.35. The summed E-state index contributed by atoms with van der Waals surface area (Å²) >= 11 is 1.53. The van der Waals surface area contributed by atoms with Crippen molar-refractivity contribution < 1.29 is 14.7 Å². The van der Waals surface area contributed by atoms with Crippen LogP contribution in [0.2, 0.25) is 0 Å². The van der Waals surface area contributed by atoms with Gasteiger partial charge in [0.25, 0.3) is 0 Å². The zero-order valence-electron chi connectivity index (χ0n) is 10.4. The Morgan fingerprint density at radius 2 is 2.17 bits per heavy atom. The number of carboxylic acid groups (broad SMARTS) is 1. The third kappa shape index (κ3) is 5.18. The summed E-state index contributed by atoms with van der Waals surface area (Å²) in [4.78, 5) is 23.4. The maximum atomic E-state index is 11.5. The quantitative estimate of drug-likeness (QED) is 0.798. The number of urea groups is 1. The number of rotatable bonds is 6. The van der Waals surface area contributed by atoms with E-state index in [1.807, 2.05) is 31.4 Å². The summed E-state index contributed by atoms with van der Waals surface area (Å²) in [7, 11) is 0. The average Bonchev–Trinajstić information content (AvgIpc) is 2.77. The zero-order chi connectivity index (χ0) is 13.5. The summed E-state index contributed by atoms with van der Waals surface area (Å²) in [6.45, 7) is 4.17. The fourth-order valence-electron chi connectivity index (χ4n) is 1.48. The summed E-state index contributed by atoms with van der Waals surface area (Å²) in [5.41, 5.74) is 0. The van der Waals surface area contributed by atoms with Crippen LogP contribution in [0.25, 0.3) is 0 Å². The van der Waals surface area contributed by atoms with Gasteiger partial charge >= 0.3 is 6.03 Å². The predicted molar refractivity (Wildman–Crippen MR) is 67.9 cm³/mol. The number of thiophene rings is 1. The number of carbonyl (C=O) groups is 2. The van der Waals surface area contributed by atoms with Crippen molar-refractivity contribution in [3.05, 3.63) is 22.4 Å². The van der Waals surface area contributed by atoms with E-state index >= 15 is 0 Å². The molecular weight excluding hydrogens is 252 g/mol. The smallest absolute Gasteiger partial charge is 0.315 e. The first-order valence-corrected chi connectivity index (χ1v) is 6.64. The van der Waals surface area contributed by atoms with Crippen molar-refractivity contribution in [3.63, 3.8) is 0 Å². The molecule has 0 unspecified atom stereocenters. The maximum Gasteiger partial charge on any atom is 0.315 e. The number of carbonyl (C=O) groups excluding carboxylic acids is 2. The molecule has 0 aliphatic rings. The van der Waals surface area contributed by atoms with Crippen LogP contribution in [0.1, 0.15) is 25.1 Å². The summed E-state index contributed by atoms with van der Waals surface area (Å²) < 4.78 is 0. The fraction of sp³-hybridized carbons (Fsp3) is 0.500. The molecule has 1 atom stereocenters. The molecule has 0 aliphatic heterocycles. The third-order valence-corrected chi connectivity index (χ3v) is 3.18. The Bertz CT molecular complexity index is 390. The fourth-order valence-corrected chi connectivity index (χ4v) is 2.12. The molecule has 0 saturated carbocycles. The number of hydrogen-bond donors (Lipinski definition) is 2. The molecule has 2 N–H and O–H groups in total. The second-order valence-electron chi connectivity index (χ2n) is 4.41. The van der Waals surface area contributed by atoms with E-state index < -0.39 is 18.0 Å². The first-order chi connectivity index (χ1) is 8.49. The van der Waals surface area contributed by atoms with E-state index in [0.717, 1.165) is 4.88 Å². The van der Waals surface area contributed by atoms with Crippen molar-refractivity contribution in [2.45, 2.75) is 32.9 Å². The topological polar surface area (TPSA) is 81.3 Å². The van der Waals surface area contributed by atoms with Crippen LogP contribution in [0.15, 0.2) is 17.5 Å². The summed E-state index contributed by atoms with van der Waals surface area (Å²) in [5.74, 6) is -1.08. The van der Waals surface area contributed by atoms with Crippen molar-refractivity contribution in [2.75, 3.05) is 0 Å². The lowest BCUT2D eigenvalue weighted by molar-refractivity contribution is -0.308. The van der Waals surface area contributed by atoms with Crippen LogP contribution in [0.4, 0.5) is 4.79 Å². The highest BCUT2D eigenvalue weighted by Crippen LogP contribution is 2.07. The van der Waals surface area contributed by atoms with Gasteiger partial charge in [0.15, 0.2) is 0 Å². The van der Waals surface area contributed by atoms with E-state index in [1.54, 1.807) is 0 Å². The largest absolute Gasteiger partial charge is 0.548 e. The van der Waals surface area contributed by atoms with E-state index in [1.165, 1.54) is 11.3 Å². The summed E-state index contributed by atoms with van der Waals surface area (Å²) in [6.07, 6.45) is 0.356. The van der Waals surface area contributed by atoms with Gasteiger partial charge in [0, 0.05) is 4.88 Å². The van der Waals surface area contributed by atoms with Crippen LogP contribution in [0, 0.1) is 5.92 Å². The number of nitrogens with one attached hydrogen (secondary N) is 2.